The Morgan fingerprint density at radius 2 is 1.56 bits per heavy atom. The van der Waals surface area contributed by atoms with Gasteiger partial charge in [0.2, 0.25) is 11.8 Å². The molecule has 0 aliphatic carbocycles. The van der Waals surface area contributed by atoms with E-state index in [1.165, 1.54) is 30.0 Å². The summed E-state index contributed by atoms with van der Waals surface area (Å²) in [5.74, 6) is -3.33. The van der Waals surface area contributed by atoms with Crippen LogP contribution in [0.4, 0.5) is 0 Å². The van der Waals surface area contributed by atoms with Crippen LogP contribution in [0, 0.1) is 5.92 Å². The summed E-state index contributed by atoms with van der Waals surface area (Å²) in [6, 6.07) is 14.1. The minimum atomic E-state index is -1.17. The van der Waals surface area contributed by atoms with E-state index in [-0.39, 0.29) is 35.1 Å². The van der Waals surface area contributed by atoms with Crippen molar-refractivity contribution in [1.82, 2.24) is 16.0 Å². The van der Waals surface area contributed by atoms with Crippen molar-refractivity contribution in [1.29, 1.82) is 0 Å². The molecule has 41 heavy (non-hydrogen) atoms. The number of phenols is 1. The Kier molecular flexibility index (Phi) is 11.4. The molecule has 3 atom stereocenters. The molecule has 0 saturated carbocycles. The van der Waals surface area contributed by atoms with Gasteiger partial charge in [0.05, 0.1) is 5.56 Å². The van der Waals surface area contributed by atoms with Gasteiger partial charge in [-0.1, -0.05) is 67.9 Å². The topological polar surface area (TPSA) is 145 Å². The molecule has 3 rings (SSSR count). The molecular weight excluding hydrogens is 566 g/mol. The van der Waals surface area contributed by atoms with Crippen LogP contribution in [-0.2, 0) is 20.8 Å². The summed E-state index contributed by atoms with van der Waals surface area (Å²) < 4.78 is 0. The normalized spacial score (nSPS) is 13.3. The van der Waals surface area contributed by atoms with Gasteiger partial charge in [0.15, 0.2) is 0 Å². The van der Waals surface area contributed by atoms with Crippen molar-refractivity contribution in [3.05, 3.63) is 76.8 Å². The average Bonchev–Trinajstić information content (AvgIpc) is 2.92. The lowest BCUT2D eigenvalue weighted by molar-refractivity contribution is -0.142. The molecular formula is C30H34ClN3O6S. The molecule has 0 aliphatic rings. The molecule has 0 aromatic heterocycles. The summed E-state index contributed by atoms with van der Waals surface area (Å²) in [6.45, 7) is 3.46. The Hall–Kier alpha value is -3.76. The van der Waals surface area contributed by atoms with Crippen LogP contribution in [0.25, 0.3) is 10.8 Å². The summed E-state index contributed by atoms with van der Waals surface area (Å²) in [5, 5.41) is 29.9. The number of hydrogen-bond donors (Lipinski definition) is 5. The van der Waals surface area contributed by atoms with E-state index in [9.17, 15) is 29.4 Å². The number of amides is 3. The minimum absolute atomic E-state index is 0.0589. The zero-order valence-corrected chi connectivity index (χ0v) is 24.6. The van der Waals surface area contributed by atoms with Crippen LogP contribution in [-0.4, -0.2) is 64.0 Å². The van der Waals surface area contributed by atoms with Crippen molar-refractivity contribution in [2.75, 3.05) is 12.0 Å². The lowest BCUT2D eigenvalue weighted by Crippen LogP contribution is -2.57. The number of nitrogens with one attached hydrogen (secondary N) is 3. The number of carbonyl (C=O) groups is 4. The summed E-state index contributed by atoms with van der Waals surface area (Å²) in [7, 11) is 0. The first kappa shape index (κ1) is 31.8. The third-order valence-corrected chi connectivity index (χ3v) is 7.43. The van der Waals surface area contributed by atoms with Crippen LogP contribution in [0.1, 0.15) is 36.2 Å². The van der Waals surface area contributed by atoms with E-state index in [0.29, 0.717) is 5.75 Å². The predicted octanol–water partition coefficient (Wildman–Crippen LogP) is 4.00. The van der Waals surface area contributed by atoms with Crippen molar-refractivity contribution >= 4 is 57.8 Å². The van der Waals surface area contributed by atoms with Crippen molar-refractivity contribution in [3.8, 4) is 5.75 Å². The molecule has 0 fully saturated rings. The maximum Gasteiger partial charge on any atom is 0.326 e. The number of rotatable bonds is 13. The molecule has 3 aromatic rings. The Bertz CT molecular complexity index is 1420. The van der Waals surface area contributed by atoms with E-state index in [1.54, 1.807) is 13.8 Å². The van der Waals surface area contributed by atoms with Gasteiger partial charge < -0.3 is 26.2 Å². The van der Waals surface area contributed by atoms with Gasteiger partial charge >= 0.3 is 5.97 Å². The number of aromatic hydroxyl groups is 1. The van der Waals surface area contributed by atoms with Crippen LogP contribution >= 0.6 is 23.4 Å². The molecule has 3 amide bonds. The van der Waals surface area contributed by atoms with E-state index in [4.69, 9.17) is 11.6 Å². The zero-order chi connectivity index (χ0) is 30.1. The van der Waals surface area contributed by atoms with Crippen molar-refractivity contribution in [2.45, 2.75) is 44.8 Å². The number of carboxylic acids is 1. The van der Waals surface area contributed by atoms with E-state index in [0.717, 1.165) is 16.3 Å². The number of aliphatic carboxylic acids is 1. The van der Waals surface area contributed by atoms with Crippen LogP contribution in [0.2, 0.25) is 5.02 Å². The maximum atomic E-state index is 13.5. The fourth-order valence-electron chi connectivity index (χ4n) is 4.29. The first-order valence-electron chi connectivity index (χ1n) is 13.1. The summed E-state index contributed by atoms with van der Waals surface area (Å²) in [6.07, 6.45) is 2.15. The monoisotopic (exact) mass is 599 g/mol. The zero-order valence-electron chi connectivity index (χ0n) is 23.0. The Morgan fingerprint density at radius 1 is 0.878 bits per heavy atom. The molecule has 0 aliphatic heterocycles. The van der Waals surface area contributed by atoms with Gasteiger partial charge in [-0.2, -0.15) is 11.8 Å². The van der Waals surface area contributed by atoms with E-state index in [1.807, 2.05) is 48.7 Å². The number of thioether (sulfide) groups is 1. The van der Waals surface area contributed by atoms with Crippen LogP contribution in [0.5, 0.6) is 5.75 Å². The molecule has 11 heteroatoms. The second-order valence-electron chi connectivity index (χ2n) is 9.98. The van der Waals surface area contributed by atoms with Gasteiger partial charge in [0, 0.05) is 11.4 Å². The van der Waals surface area contributed by atoms with E-state index in [2.05, 4.69) is 16.0 Å². The second kappa shape index (κ2) is 14.7. The third-order valence-electron chi connectivity index (χ3n) is 6.55. The molecule has 9 nitrogen and oxygen atoms in total. The number of carboxylic acid groups (broad SMARTS) is 1. The van der Waals surface area contributed by atoms with Crippen molar-refractivity contribution in [3.63, 3.8) is 0 Å². The smallest absolute Gasteiger partial charge is 0.326 e. The number of hydrogen-bond acceptors (Lipinski definition) is 6. The summed E-state index contributed by atoms with van der Waals surface area (Å²) >= 11 is 7.33. The van der Waals surface area contributed by atoms with Crippen LogP contribution in [0.15, 0.2) is 60.7 Å². The fraction of sp³-hybridized carbons (Fsp3) is 0.333. The molecule has 0 unspecified atom stereocenters. The van der Waals surface area contributed by atoms with Crippen LogP contribution in [0.3, 0.4) is 0 Å². The third kappa shape index (κ3) is 8.86. The molecule has 5 N–H and O–H groups in total. The van der Waals surface area contributed by atoms with E-state index < -0.39 is 41.8 Å². The summed E-state index contributed by atoms with van der Waals surface area (Å²) in [4.78, 5) is 51.6. The van der Waals surface area contributed by atoms with Gasteiger partial charge in [0.25, 0.3) is 5.91 Å². The number of carbonyl (C=O) groups excluding carboxylic acids is 3. The Balaban J connectivity index is 1.86. The van der Waals surface area contributed by atoms with Gasteiger partial charge in [-0.3, -0.25) is 14.4 Å². The van der Waals surface area contributed by atoms with Crippen LogP contribution < -0.4 is 16.0 Å². The highest BCUT2D eigenvalue weighted by atomic mass is 35.5. The Morgan fingerprint density at radius 3 is 2.20 bits per heavy atom. The van der Waals surface area contributed by atoms with E-state index >= 15 is 0 Å². The van der Waals surface area contributed by atoms with Crippen molar-refractivity contribution in [2.24, 2.45) is 5.92 Å². The molecule has 0 spiro atoms. The molecule has 0 radical (unpaired) electrons. The summed E-state index contributed by atoms with van der Waals surface area (Å²) in [5.41, 5.74) is 0.702. The van der Waals surface area contributed by atoms with Crippen molar-refractivity contribution < 1.29 is 29.4 Å². The van der Waals surface area contributed by atoms with Gasteiger partial charge in [-0.05, 0) is 58.9 Å². The molecule has 0 heterocycles. The highest BCUT2D eigenvalue weighted by Gasteiger charge is 2.31. The largest absolute Gasteiger partial charge is 0.507 e. The highest BCUT2D eigenvalue weighted by Crippen LogP contribution is 2.22. The highest BCUT2D eigenvalue weighted by molar-refractivity contribution is 7.98. The molecule has 3 aromatic carbocycles. The second-order valence-corrected chi connectivity index (χ2v) is 11.4. The first-order chi connectivity index (χ1) is 19.5. The number of benzene rings is 3. The fourth-order valence-corrected chi connectivity index (χ4v) is 4.93. The minimum Gasteiger partial charge on any atom is -0.507 e. The van der Waals surface area contributed by atoms with Gasteiger partial charge in [-0.15, -0.1) is 0 Å². The van der Waals surface area contributed by atoms with Gasteiger partial charge in [-0.25, -0.2) is 4.79 Å². The predicted molar refractivity (Wildman–Crippen MR) is 161 cm³/mol. The number of halogens is 1. The standard InChI is InChI=1S/C30H34ClN3O6S/c1-17(2)26(34-27(36)22-11-10-21(31)16-25(22)35)29(38)33-24(28(37)32-23(30(39)40)12-13-41-3)15-18-8-9-19-6-4-5-7-20(19)14-18/h4-11,14,16-17,23-24,26,35H,12-13,15H2,1-3H3,(H,32,37)(H,33,38)(H,34,36)(H,39,40)/t23-,24-,26-/m0/s1. The molecule has 0 bridgehead atoms. The molecule has 218 valence electrons. The van der Waals surface area contributed by atoms with Gasteiger partial charge in [0.1, 0.15) is 23.9 Å². The first-order valence-corrected chi connectivity index (χ1v) is 14.9. The SMILES string of the molecule is CSCC[C@H](NC(=O)[C@H](Cc1ccc2ccccc2c1)NC(=O)[C@@H](NC(=O)c1ccc(Cl)cc1O)C(C)C)C(=O)O. The Labute approximate surface area is 248 Å². The number of phenolic OH excluding ortho intramolecular Hbond substituents is 1. The average molecular weight is 600 g/mol. The lowest BCUT2D eigenvalue weighted by Gasteiger charge is -2.26. The lowest BCUT2D eigenvalue weighted by atomic mass is 9.98. The maximum absolute atomic E-state index is 13.5. The molecule has 0 saturated heterocycles. The quantitative estimate of drug-likeness (QED) is 0.200. The number of fused-ring (bicyclic) bond motifs is 1.